The van der Waals surface area contributed by atoms with Crippen molar-refractivity contribution in [2.75, 3.05) is 19.6 Å². The van der Waals surface area contributed by atoms with Crippen molar-refractivity contribution in [2.45, 2.75) is 44.1 Å². The molecule has 1 fully saturated rings. The molecule has 2 aromatic carbocycles. The number of nitrogens with zero attached hydrogens (tertiary/aromatic N) is 1. The van der Waals surface area contributed by atoms with Gasteiger partial charge in [0.2, 0.25) is 0 Å². The van der Waals surface area contributed by atoms with Crippen LogP contribution in [0.4, 0.5) is 0 Å². The number of aliphatic hydroxyl groups is 1. The average molecular weight is 450 g/mol. The molecule has 1 saturated heterocycles. The largest absolute Gasteiger partial charge is 0.481 e. The summed E-state index contributed by atoms with van der Waals surface area (Å²) in [6.07, 6.45) is 4.70. The van der Waals surface area contributed by atoms with Gasteiger partial charge in [0.1, 0.15) is 5.60 Å². The van der Waals surface area contributed by atoms with Crippen LogP contribution in [0.2, 0.25) is 10.0 Å². The first-order valence-electron chi connectivity index (χ1n) is 10.6. The van der Waals surface area contributed by atoms with E-state index in [9.17, 15) is 9.90 Å². The molecule has 2 aromatic rings. The van der Waals surface area contributed by atoms with Gasteiger partial charge >= 0.3 is 5.97 Å². The van der Waals surface area contributed by atoms with E-state index in [-0.39, 0.29) is 12.3 Å². The minimum atomic E-state index is -1.09. The molecule has 0 bridgehead atoms. The van der Waals surface area contributed by atoms with E-state index in [1.54, 1.807) is 0 Å². The molecule has 3 rings (SSSR count). The number of carboxylic acid groups (broad SMARTS) is 1. The average Bonchev–Trinajstić information content (AvgIpc) is 2.74. The maximum absolute atomic E-state index is 12.0. The highest BCUT2D eigenvalue weighted by molar-refractivity contribution is 6.30. The predicted octanol–water partition coefficient (Wildman–Crippen LogP) is 5.59. The Hall–Kier alpha value is -1.59. The number of halogens is 2. The van der Waals surface area contributed by atoms with Crippen LogP contribution < -0.4 is 0 Å². The zero-order chi connectivity index (χ0) is 21.6. The Kier molecular flexibility index (Phi) is 8.18. The summed E-state index contributed by atoms with van der Waals surface area (Å²) in [6, 6.07) is 14.9. The lowest BCUT2D eigenvalue weighted by Gasteiger charge is -2.42. The molecule has 0 spiro atoms. The van der Waals surface area contributed by atoms with E-state index in [1.807, 2.05) is 48.5 Å². The standard InChI is InChI=1S/C24H29Cl2NO3/c25-21-9-5-18(6-10-21)24(30,19-7-11-22(26)12-8-19)20-13-16-27(17-14-20)15-3-1-2-4-23(28)29/h5-12,20,30H,1-4,13-17H2,(H,28,29). The van der Waals surface area contributed by atoms with E-state index < -0.39 is 11.6 Å². The molecule has 2 N–H and O–H groups in total. The molecule has 4 nitrogen and oxygen atoms in total. The van der Waals surface area contributed by atoms with Crippen molar-refractivity contribution in [3.63, 3.8) is 0 Å². The highest BCUT2D eigenvalue weighted by Gasteiger charge is 2.41. The number of likely N-dealkylation sites (tertiary alicyclic amines) is 1. The van der Waals surface area contributed by atoms with E-state index in [0.717, 1.165) is 62.9 Å². The summed E-state index contributed by atoms with van der Waals surface area (Å²) in [5, 5.41) is 22.0. The molecule has 0 saturated carbocycles. The van der Waals surface area contributed by atoms with Crippen LogP contribution in [0.15, 0.2) is 48.5 Å². The Bertz CT molecular complexity index is 770. The number of benzene rings is 2. The van der Waals surface area contributed by atoms with E-state index in [4.69, 9.17) is 28.3 Å². The lowest BCUT2D eigenvalue weighted by atomic mass is 9.72. The van der Waals surface area contributed by atoms with Crippen molar-refractivity contribution in [1.29, 1.82) is 0 Å². The number of unbranched alkanes of at least 4 members (excludes halogenated alkanes) is 2. The smallest absolute Gasteiger partial charge is 0.303 e. The highest BCUT2D eigenvalue weighted by Crippen LogP contribution is 2.42. The minimum Gasteiger partial charge on any atom is -0.481 e. The summed E-state index contributed by atoms with van der Waals surface area (Å²) in [5.41, 5.74) is 0.602. The molecule has 0 amide bonds. The molecule has 0 radical (unpaired) electrons. The SMILES string of the molecule is O=C(O)CCCCCN1CCC(C(O)(c2ccc(Cl)cc2)c2ccc(Cl)cc2)CC1. The Morgan fingerprint density at radius 1 is 0.900 bits per heavy atom. The fourth-order valence-corrected chi connectivity index (χ4v) is 4.66. The van der Waals surface area contributed by atoms with Crippen molar-refractivity contribution in [3.8, 4) is 0 Å². The Balaban J connectivity index is 1.68. The molecule has 1 aliphatic heterocycles. The maximum Gasteiger partial charge on any atom is 0.303 e. The monoisotopic (exact) mass is 449 g/mol. The van der Waals surface area contributed by atoms with Gasteiger partial charge in [-0.15, -0.1) is 0 Å². The highest BCUT2D eigenvalue weighted by atomic mass is 35.5. The third-order valence-electron chi connectivity index (χ3n) is 6.11. The second-order valence-electron chi connectivity index (χ2n) is 8.10. The van der Waals surface area contributed by atoms with Crippen molar-refractivity contribution in [2.24, 2.45) is 5.92 Å². The first-order chi connectivity index (χ1) is 14.4. The maximum atomic E-state index is 12.0. The van der Waals surface area contributed by atoms with Gasteiger partial charge in [0.25, 0.3) is 0 Å². The normalized spacial score (nSPS) is 16.0. The van der Waals surface area contributed by atoms with Crippen LogP contribution in [0.1, 0.15) is 49.7 Å². The van der Waals surface area contributed by atoms with Crippen LogP contribution in [-0.4, -0.2) is 40.7 Å². The third kappa shape index (κ3) is 5.76. The predicted molar refractivity (Wildman–Crippen MR) is 121 cm³/mol. The molecule has 0 atom stereocenters. The number of hydrogen-bond donors (Lipinski definition) is 2. The van der Waals surface area contributed by atoms with Gasteiger partial charge in [0.05, 0.1) is 0 Å². The van der Waals surface area contributed by atoms with Crippen molar-refractivity contribution >= 4 is 29.2 Å². The zero-order valence-electron chi connectivity index (χ0n) is 17.1. The van der Waals surface area contributed by atoms with E-state index in [0.29, 0.717) is 10.0 Å². The van der Waals surface area contributed by atoms with Gasteiger partial charge in [0, 0.05) is 16.5 Å². The molecule has 30 heavy (non-hydrogen) atoms. The third-order valence-corrected chi connectivity index (χ3v) is 6.62. The second-order valence-corrected chi connectivity index (χ2v) is 8.97. The number of carboxylic acids is 1. The van der Waals surface area contributed by atoms with E-state index in [1.165, 1.54) is 0 Å². The lowest BCUT2D eigenvalue weighted by molar-refractivity contribution is -0.137. The number of piperidine rings is 1. The van der Waals surface area contributed by atoms with Gasteiger partial charge in [-0.3, -0.25) is 4.79 Å². The number of carbonyl (C=O) groups is 1. The Morgan fingerprint density at radius 3 is 1.87 bits per heavy atom. The zero-order valence-corrected chi connectivity index (χ0v) is 18.6. The minimum absolute atomic E-state index is 0.0862. The van der Waals surface area contributed by atoms with Gasteiger partial charge in [-0.2, -0.15) is 0 Å². The fraction of sp³-hybridized carbons (Fsp3) is 0.458. The van der Waals surface area contributed by atoms with E-state index >= 15 is 0 Å². The number of hydrogen-bond acceptors (Lipinski definition) is 3. The topological polar surface area (TPSA) is 60.8 Å². The number of aliphatic carboxylic acids is 1. The molecule has 0 aliphatic carbocycles. The molecule has 0 aromatic heterocycles. The lowest BCUT2D eigenvalue weighted by Crippen LogP contribution is -2.44. The van der Waals surface area contributed by atoms with Crippen LogP contribution >= 0.6 is 23.2 Å². The molecule has 1 aliphatic rings. The fourth-order valence-electron chi connectivity index (χ4n) is 4.41. The molecular formula is C24H29Cl2NO3. The second kappa shape index (κ2) is 10.6. The number of rotatable bonds is 9. The summed E-state index contributed by atoms with van der Waals surface area (Å²) in [6.45, 7) is 2.83. The molecule has 1 heterocycles. The summed E-state index contributed by atoms with van der Waals surface area (Å²) in [7, 11) is 0. The summed E-state index contributed by atoms with van der Waals surface area (Å²) < 4.78 is 0. The van der Waals surface area contributed by atoms with Crippen LogP contribution in [0, 0.1) is 5.92 Å². The van der Waals surface area contributed by atoms with Crippen molar-refractivity contribution in [1.82, 2.24) is 4.90 Å². The Labute approximate surface area is 188 Å². The molecule has 0 unspecified atom stereocenters. The van der Waals surface area contributed by atoms with Gasteiger partial charge < -0.3 is 15.1 Å². The summed E-state index contributed by atoms with van der Waals surface area (Å²) >= 11 is 12.2. The molecule has 162 valence electrons. The molecular weight excluding hydrogens is 421 g/mol. The van der Waals surface area contributed by atoms with Gasteiger partial charge in [-0.05, 0) is 86.6 Å². The van der Waals surface area contributed by atoms with Gasteiger partial charge in [-0.1, -0.05) is 53.9 Å². The van der Waals surface area contributed by atoms with Crippen molar-refractivity contribution in [3.05, 3.63) is 69.7 Å². The van der Waals surface area contributed by atoms with Crippen LogP contribution in [0.3, 0.4) is 0 Å². The molecule has 6 heteroatoms. The summed E-state index contributed by atoms with van der Waals surface area (Å²) in [5.74, 6) is -0.636. The van der Waals surface area contributed by atoms with Crippen LogP contribution in [-0.2, 0) is 10.4 Å². The quantitative estimate of drug-likeness (QED) is 0.490. The Morgan fingerprint density at radius 2 is 1.40 bits per heavy atom. The first kappa shape index (κ1) is 23.1. The van der Waals surface area contributed by atoms with E-state index in [2.05, 4.69) is 4.90 Å². The van der Waals surface area contributed by atoms with Crippen LogP contribution in [0.25, 0.3) is 0 Å². The summed E-state index contributed by atoms with van der Waals surface area (Å²) in [4.78, 5) is 13.0. The van der Waals surface area contributed by atoms with Gasteiger partial charge in [-0.25, -0.2) is 0 Å². The first-order valence-corrected chi connectivity index (χ1v) is 11.3. The van der Waals surface area contributed by atoms with Crippen molar-refractivity contribution < 1.29 is 15.0 Å². The van der Waals surface area contributed by atoms with Gasteiger partial charge in [0.15, 0.2) is 0 Å². The van der Waals surface area contributed by atoms with Crippen LogP contribution in [0.5, 0.6) is 0 Å².